The van der Waals surface area contributed by atoms with Crippen molar-refractivity contribution in [2.24, 2.45) is 0 Å². The van der Waals surface area contributed by atoms with E-state index < -0.39 is 5.41 Å². The second-order valence-electron chi connectivity index (χ2n) is 17.1. The first-order valence-electron chi connectivity index (χ1n) is 22.4. The van der Waals surface area contributed by atoms with E-state index in [1.54, 1.807) is 0 Å². The lowest BCUT2D eigenvalue weighted by molar-refractivity contribution is 0.768. The van der Waals surface area contributed by atoms with Crippen molar-refractivity contribution in [3.8, 4) is 56.2 Å². The van der Waals surface area contributed by atoms with Crippen LogP contribution < -0.4 is 0 Å². The first kappa shape index (κ1) is 37.1. The van der Waals surface area contributed by atoms with Crippen LogP contribution >= 0.6 is 0 Å². The molecule has 12 aromatic rings. The Kier molecular flexibility index (Phi) is 8.47. The fraction of sp³-hybridized carbons (Fsp3) is 0.0159. The van der Waals surface area contributed by atoms with Crippen molar-refractivity contribution in [1.29, 1.82) is 0 Å². The lowest BCUT2D eigenvalue weighted by Crippen LogP contribution is -2.28. The molecule has 1 aromatic heterocycles. The molecule has 2 nitrogen and oxygen atoms in total. The molecule has 0 saturated carbocycles. The molecule has 1 aliphatic rings. The summed E-state index contributed by atoms with van der Waals surface area (Å²) in [7, 11) is 0. The van der Waals surface area contributed by atoms with E-state index in [1.165, 1.54) is 82.2 Å². The van der Waals surface area contributed by atoms with E-state index in [4.69, 9.17) is 9.97 Å². The Morgan fingerprint density at radius 3 is 1.40 bits per heavy atom. The summed E-state index contributed by atoms with van der Waals surface area (Å²) in [6.07, 6.45) is 0. The van der Waals surface area contributed by atoms with Gasteiger partial charge in [0.1, 0.15) is 0 Å². The zero-order valence-electron chi connectivity index (χ0n) is 35.5. The fourth-order valence-corrected chi connectivity index (χ4v) is 11.0. The Morgan fingerprint density at radius 2 is 0.738 bits per heavy atom. The van der Waals surface area contributed by atoms with E-state index in [0.29, 0.717) is 5.82 Å². The Balaban J connectivity index is 1.02. The molecule has 1 aliphatic carbocycles. The minimum atomic E-state index is -0.479. The molecule has 2 heteroatoms. The molecular weight excluding hydrogens is 785 g/mol. The Labute approximate surface area is 377 Å². The summed E-state index contributed by atoms with van der Waals surface area (Å²) < 4.78 is 0. The molecule has 0 radical (unpaired) electrons. The van der Waals surface area contributed by atoms with E-state index in [2.05, 4.69) is 237 Å². The molecule has 1 heterocycles. The number of benzene rings is 11. The third-order valence-corrected chi connectivity index (χ3v) is 13.8. The van der Waals surface area contributed by atoms with Crippen LogP contribution in [0.4, 0.5) is 0 Å². The Bertz CT molecular complexity index is 3740. The van der Waals surface area contributed by atoms with Crippen molar-refractivity contribution < 1.29 is 0 Å². The lowest BCUT2D eigenvalue weighted by atomic mass is 9.67. The third kappa shape index (κ3) is 5.67. The van der Waals surface area contributed by atoms with Gasteiger partial charge in [0.15, 0.2) is 5.82 Å². The highest BCUT2D eigenvalue weighted by molar-refractivity contribution is 6.25. The summed E-state index contributed by atoms with van der Waals surface area (Å²) in [6.45, 7) is 0. The predicted octanol–water partition coefficient (Wildman–Crippen LogP) is 16.1. The summed E-state index contributed by atoms with van der Waals surface area (Å²) in [5.41, 5.74) is 14.5. The van der Waals surface area contributed by atoms with Gasteiger partial charge in [0, 0.05) is 16.7 Å². The third-order valence-electron chi connectivity index (χ3n) is 13.8. The molecule has 0 unspecified atom stereocenters. The molecule has 0 spiro atoms. The molecule has 65 heavy (non-hydrogen) atoms. The van der Waals surface area contributed by atoms with Gasteiger partial charge in [-0.25, -0.2) is 9.97 Å². The van der Waals surface area contributed by atoms with E-state index >= 15 is 0 Å². The standard InChI is InChI=1S/C63H40N2/c1-4-19-41(20-5-1)62-64-59(42-35-36-52-47-27-11-10-25-45(47)46-26-13-15-30-50(46)56(52)39-42)40-60(65-62)53-38-37-51(48-28-12-14-29-49(48)53)54-32-18-34-58-61(54)55-31-16-17-33-57(55)63(58,43-21-6-2-7-22-43)44-23-8-3-9-24-44/h1-40H. The van der Waals surface area contributed by atoms with Crippen molar-refractivity contribution >= 4 is 43.1 Å². The highest BCUT2D eigenvalue weighted by atomic mass is 14.9. The monoisotopic (exact) mass is 824 g/mol. The Morgan fingerprint density at radius 1 is 0.262 bits per heavy atom. The van der Waals surface area contributed by atoms with Crippen LogP contribution in [0.5, 0.6) is 0 Å². The highest BCUT2D eigenvalue weighted by Gasteiger charge is 2.46. The number of aromatic nitrogens is 2. The molecule has 11 aromatic carbocycles. The van der Waals surface area contributed by atoms with Crippen LogP contribution in [0.15, 0.2) is 243 Å². The summed E-state index contributed by atoms with van der Waals surface area (Å²) in [5, 5.41) is 9.80. The molecule has 0 atom stereocenters. The minimum Gasteiger partial charge on any atom is -0.228 e. The van der Waals surface area contributed by atoms with Gasteiger partial charge in [-0.3, -0.25) is 0 Å². The SMILES string of the molecule is c1ccc(-c2nc(-c3ccc4c5ccccc5c5ccccc5c4c3)cc(-c3ccc(-c4cccc5c4-c4ccccc4C5(c4ccccc4)c4ccccc4)c4ccccc34)n2)cc1. The van der Waals surface area contributed by atoms with Crippen molar-refractivity contribution in [3.63, 3.8) is 0 Å². The second-order valence-corrected chi connectivity index (χ2v) is 17.1. The van der Waals surface area contributed by atoms with Crippen LogP contribution in [0.25, 0.3) is 99.2 Å². The van der Waals surface area contributed by atoms with Gasteiger partial charge in [-0.05, 0) is 99.7 Å². The van der Waals surface area contributed by atoms with Gasteiger partial charge in [0.05, 0.1) is 16.8 Å². The van der Waals surface area contributed by atoms with Crippen molar-refractivity contribution in [1.82, 2.24) is 9.97 Å². The van der Waals surface area contributed by atoms with E-state index in [-0.39, 0.29) is 0 Å². The summed E-state index contributed by atoms with van der Waals surface area (Å²) in [5.74, 6) is 0.699. The maximum absolute atomic E-state index is 5.37. The average Bonchev–Trinajstić information content (AvgIpc) is 3.70. The van der Waals surface area contributed by atoms with E-state index in [1.807, 2.05) is 6.07 Å². The van der Waals surface area contributed by atoms with Gasteiger partial charge in [0.25, 0.3) is 0 Å². The van der Waals surface area contributed by atoms with Gasteiger partial charge in [-0.1, -0.05) is 231 Å². The van der Waals surface area contributed by atoms with Crippen LogP contribution in [-0.2, 0) is 5.41 Å². The molecule has 13 rings (SSSR count). The first-order valence-corrected chi connectivity index (χ1v) is 22.4. The van der Waals surface area contributed by atoms with E-state index in [9.17, 15) is 0 Å². The van der Waals surface area contributed by atoms with Crippen molar-refractivity contribution in [2.45, 2.75) is 5.41 Å². The number of nitrogens with zero attached hydrogens (tertiary/aromatic N) is 2. The zero-order valence-corrected chi connectivity index (χ0v) is 35.5. The predicted molar refractivity (Wildman–Crippen MR) is 271 cm³/mol. The molecule has 0 aliphatic heterocycles. The molecule has 0 N–H and O–H groups in total. The number of hydrogen-bond acceptors (Lipinski definition) is 2. The molecule has 0 bridgehead atoms. The lowest BCUT2D eigenvalue weighted by Gasteiger charge is -2.34. The zero-order chi connectivity index (χ0) is 42.9. The average molecular weight is 825 g/mol. The quantitative estimate of drug-likeness (QED) is 0.156. The molecule has 0 saturated heterocycles. The first-order chi connectivity index (χ1) is 32.3. The highest BCUT2D eigenvalue weighted by Crippen LogP contribution is 2.58. The Hall–Kier alpha value is -8.46. The van der Waals surface area contributed by atoms with Gasteiger partial charge >= 0.3 is 0 Å². The smallest absolute Gasteiger partial charge is 0.160 e. The maximum atomic E-state index is 5.37. The molecule has 302 valence electrons. The van der Waals surface area contributed by atoms with E-state index in [0.717, 1.165) is 33.5 Å². The maximum Gasteiger partial charge on any atom is 0.160 e. The second kappa shape index (κ2) is 14.8. The van der Waals surface area contributed by atoms with Gasteiger partial charge in [-0.15, -0.1) is 0 Å². The van der Waals surface area contributed by atoms with Crippen LogP contribution in [0.3, 0.4) is 0 Å². The van der Waals surface area contributed by atoms with Gasteiger partial charge in [-0.2, -0.15) is 0 Å². The number of fused-ring (bicyclic) bond motifs is 10. The summed E-state index contributed by atoms with van der Waals surface area (Å²) in [6, 6.07) is 88.3. The molecule has 0 amide bonds. The largest absolute Gasteiger partial charge is 0.228 e. The van der Waals surface area contributed by atoms with Crippen LogP contribution in [0, 0.1) is 0 Å². The van der Waals surface area contributed by atoms with Crippen LogP contribution in [-0.4, -0.2) is 9.97 Å². The summed E-state index contributed by atoms with van der Waals surface area (Å²) in [4.78, 5) is 10.7. The topological polar surface area (TPSA) is 25.8 Å². The minimum absolute atomic E-state index is 0.479. The normalized spacial score (nSPS) is 12.7. The van der Waals surface area contributed by atoms with Crippen molar-refractivity contribution in [3.05, 3.63) is 265 Å². The fourth-order valence-electron chi connectivity index (χ4n) is 11.0. The van der Waals surface area contributed by atoms with Crippen molar-refractivity contribution in [2.75, 3.05) is 0 Å². The molecular formula is C63H40N2. The molecule has 0 fully saturated rings. The van der Waals surface area contributed by atoms with Gasteiger partial charge in [0.2, 0.25) is 0 Å². The van der Waals surface area contributed by atoms with Crippen LogP contribution in [0.2, 0.25) is 0 Å². The summed E-state index contributed by atoms with van der Waals surface area (Å²) >= 11 is 0. The van der Waals surface area contributed by atoms with Gasteiger partial charge < -0.3 is 0 Å². The number of rotatable bonds is 6. The van der Waals surface area contributed by atoms with Crippen LogP contribution in [0.1, 0.15) is 22.3 Å². The number of hydrogen-bond donors (Lipinski definition) is 0.